The largest absolute Gasteiger partial charge is 0.349 e. The molecule has 17 heavy (non-hydrogen) atoms. The van der Waals surface area contributed by atoms with Gasteiger partial charge in [0, 0.05) is 18.2 Å². The van der Waals surface area contributed by atoms with E-state index < -0.39 is 0 Å². The Morgan fingerprint density at radius 2 is 1.88 bits per heavy atom. The molecule has 1 saturated heterocycles. The summed E-state index contributed by atoms with van der Waals surface area (Å²) in [6, 6.07) is 8.90. The van der Waals surface area contributed by atoms with Crippen LogP contribution in [0.3, 0.4) is 0 Å². The predicted octanol–water partition coefficient (Wildman–Crippen LogP) is 1.92. The van der Waals surface area contributed by atoms with Crippen LogP contribution < -0.4 is 0 Å². The average Bonchev–Trinajstić information content (AvgIpc) is 2.69. The van der Waals surface area contributed by atoms with Crippen molar-refractivity contribution in [1.82, 2.24) is 9.80 Å². The summed E-state index contributed by atoms with van der Waals surface area (Å²) < 4.78 is 0. The SMILES string of the molecule is CN1CCC(N2Cc3ccccc3C2=N)CC1. The molecule has 0 atom stereocenters. The van der Waals surface area contributed by atoms with Crippen LogP contribution in [0.1, 0.15) is 24.0 Å². The Labute approximate surface area is 103 Å². The van der Waals surface area contributed by atoms with Crippen LogP contribution >= 0.6 is 0 Å². The zero-order chi connectivity index (χ0) is 11.8. The maximum Gasteiger partial charge on any atom is 0.128 e. The van der Waals surface area contributed by atoms with Gasteiger partial charge >= 0.3 is 0 Å². The van der Waals surface area contributed by atoms with Gasteiger partial charge in [0.05, 0.1) is 0 Å². The maximum absolute atomic E-state index is 8.29. The van der Waals surface area contributed by atoms with Crippen molar-refractivity contribution in [3.8, 4) is 0 Å². The van der Waals surface area contributed by atoms with E-state index in [1.165, 1.54) is 18.4 Å². The van der Waals surface area contributed by atoms with Crippen LogP contribution in [-0.4, -0.2) is 41.8 Å². The minimum atomic E-state index is 0.561. The molecule has 0 spiro atoms. The lowest BCUT2D eigenvalue weighted by molar-refractivity contribution is 0.175. The summed E-state index contributed by atoms with van der Waals surface area (Å²) in [6.07, 6.45) is 2.37. The third-order valence-electron chi connectivity index (χ3n) is 4.03. The molecule has 1 fully saturated rings. The highest BCUT2D eigenvalue weighted by atomic mass is 15.2. The van der Waals surface area contributed by atoms with Gasteiger partial charge in [-0.3, -0.25) is 5.41 Å². The topological polar surface area (TPSA) is 30.3 Å². The summed E-state index contributed by atoms with van der Waals surface area (Å²) in [6.45, 7) is 3.25. The van der Waals surface area contributed by atoms with Gasteiger partial charge < -0.3 is 9.80 Å². The Morgan fingerprint density at radius 1 is 1.18 bits per heavy atom. The molecule has 0 aliphatic carbocycles. The zero-order valence-corrected chi connectivity index (χ0v) is 10.3. The number of benzene rings is 1. The van der Waals surface area contributed by atoms with Crippen molar-refractivity contribution in [3.63, 3.8) is 0 Å². The number of rotatable bonds is 1. The highest BCUT2D eigenvalue weighted by Crippen LogP contribution is 2.27. The molecule has 2 heterocycles. The van der Waals surface area contributed by atoms with Gasteiger partial charge in [-0.2, -0.15) is 0 Å². The lowest BCUT2D eigenvalue weighted by atomic mass is 10.0. The maximum atomic E-state index is 8.29. The van der Waals surface area contributed by atoms with E-state index in [4.69, 9.17) is 5.41 Å². The van der Waals surface area contributed by atoms with Crippen molar-refractivity contribution < 1.29 is 0 Å². The fourth-order valence-electron chi connectivity index (χ4n) is 2.92. The van der Waals surface area contributed by atoms with Crippen LogP contribution in [0.15, 0.2) is 24.3 Å². The third kappa shape index (κ3) is 1.84. The molecular weight excluding hydrogens is 210 g/mol. The molecule has 0 radical (unpaired) electrons. The second kappa shape index (κ2) is 4.15. The molecule has 3 nitrogen and oxygen atoms in total. The van der Waals surface area contributed by atoms with Crippen LogP contribution in [0, 0.1) is 5.41 Å². The lowest BCUT2D eigenvalue weighted by Crippen LogP contribution is -2.43. The van der Waals surface area contributed by atoms with Gasteiger partial charge in [0.15, 0.2) is 0 Å². The quantitative estimate of drug-likeness (QED) is 0.797. The molecular formula is C14H19N3. The lowest BCUT2D eigenvalue weighted by Gasteiger charge is -2.36. The second-order valence-electron chi connectivity index (χ2n) is 5.17. The van der Waals surface area contributed by atoms with Crippen LogP contribution in [0.5, 0.6) is 0 Å². The highest BCUT2D eigenvalue weighted by molar-refractivity contribution is 6.00. The normalized spacial score (nSPS) is 21.9. The second-order valence-corrected chi connectivity index (χ2v) is 5.17. The Bertz CT molecular complexity index is 433. The number of nitrogens with one attached hydrogen (secondary N) is 1. The summed E-state index contributed by atoms with van der Waals surface area (Å²) >= 11 is 0. The first-order valence-corrected chi connectivity index (χ1v) is 6.38. The number of amidine groups is 1. The van der Waals surface area contributed by atoms with Gasteiger partial charge in [0.25, 0.3) is 0 Å². The molecule has 2 aliphatic heterocycles. The molecule has 3 heteroatoms. The van der Waals surface area contributed by atoms with Crippen LogP contribution in [-0.2, 0) is 6.54 Å². The molecule has 0 bridgehead atoms. The van der Waals surface area contributed by atoms with Gasteiger partial charge in [-0.1, -0.05) is 24.3 Å². The number of nitrogens with zero attached hydrogens (tertiary/aromatic N) is 2. The van der Waals surface area contributed by atoms with E-state index in [2.05, 4.69) is 35.0 Å². The Hall–Kier alpha value is -1.35. The first kappa shape index (κ1) is 10.8. The standard InChI is InChI=1S/C14H19N3/c1-16-8-6-12(7-9-16)17-10-11-4-2-3-5-13(11)14(17)15/h2-5,12,15H,6-10H2,1H3. The molecule has 1 aromatic carbocycles. The predicted molar refractivity (Wildman–Crippen MR) is 69.3 cm³/mol. The van der Waals surface area contributed by atoms with Crippen LogP contribution in [0.25, 0.3) is 0 Å². The number of hydrogen-bond acceptors (Lipinski definition) is 2. The molecule has 0 amide bonds. The molecule has 0 saturated carbocycles. The van der Waals surface area contributed by atoms with Crippen LogP contribution in [0.4, 0.5) is 0 Å². The zero-order valence-electron chi connectivity index (χ0n) is 10.3. The van der Waals surface area contributed by atoms with E-state index in [0.29, 0.717) is 6.04 Å². The van der Waals surface area contributed by atoms with E-state index in [0.717, 1.165) is 31.0 Å². The van der Waals surface area contributed by atoms with Gasteiger partial charge in [-0.15, -0.1) is 0 Å². The van der Waals surface area contributed by atoms with Crippen molar-refractivity contribution in [2.45, 2.75) is 25.4 Å². The Balaban J connectivity index is 1.78. The van der Waals surface area contributed by atoms with Crippen molar-refractivity contribution in [1.29, 1.82) is 5.41 Å². The summed E-state index contributed by atoms with van der Waals surface area (Å²) in [5, 5.41) is 8.29. The van der Waals surface area contributed by atoms with Gasteiger partial charge in [0.2, 0.25) is 0 Å². The first-order chi connectivity index (χ1) is 8.25. The highest BCUT2D eigenvalue weighted by Gasteiger charge is 2.31. The summed E-state index contributed by atoms with van der Waals surface area (Å²) in [5.41, 5.74) is 2.45. The monoisotopic (exact) mass is 229 g/mol. The molecule has 0 aromatic heterocycles. The summed E-state index contributed by atoms with van der Waals surface area (Å²) in [5.74, 6) is 0.732. The fourth-order valence-corrected chi connectivity index (χ4v) is 2.92. The van der Waals surface area contributed by atoms with Crippen molar-refractivity contribution in [3.05, 3.63) is 35.4 Å². The van der Waals surface area contributed by atoms with Crippen molar-refractivity contribution >= 4 is 5.84 Å². The third-order valence-corrected chi connectivity index (χ3v) is 4.03. The summed E-state index contributed by atoms with van der Waals surface area (Å²) in [7, 11) is 2.18. The van der Waals surface area contributed by atoms with Gasteiger partial charge in [-0.25, -0.2) is 0 Å². The number of likely N-dealkylation sites (tertiary alicyclic amines) is 1. The molecule has 0 unspecified atom stereocenters. The molecule has 1 aromatic rings. The Morgan fingerprint density at radius 3 is 2.59 bits per heavy atom. The molecule has 3 rings (SSSR count). The van der Waals surface area contributed by atoms with Gasteiger partial charge in [-0.05, 0) is 38.5 Å². The molecule has 2 aliphatic rings. The molecule has 90 valence electrons. The fraction of sp³-hybridized carbons (Fsp3) is 0.500. The first-order valence-electron chi connectivity index (χ1n) is 6.38. The van der Waals surface area contributed by atoms with Crippen molar-refractivity contribution in [2.24, 2.45) is 0 Å². The Kier molecular flexibility index (Phi) is 2.63. The average molecular weight is 229 g/mol. The van der Waals surface area contributed by atoms with Crippen molar-refractivity contribution in [2.75, 3.05) is 20.1 Å². The molecule has 1 N–H and O–H groups in total. The van der Waals surface area contributed by atoms with E-state index in [1.807, 2.05) is 6.07 Å². The number of hydrogen-bond donors (Lipinski definition) is 1. The van der Waals surface area contributed by atoms with E-state index in [-0.39, 0.29) is 0 Å². The van der Waals surface area contributed by atoms with Crippen LogP contribution in [0.2, 0.25) is 0 Å². The van der Waals surface area contributed by atoms with E-state index in [1.54, 1.807) is 0 Å². The number of piperidine rings is 1. The summed E-state index contributed by atoms with van der Waals surface area (Å²) in [4.78, 5) is 4.67. The number of fused-ring (bicyclic) bond motifs is 1. The van der Waals surface area contributed by atoms with E-state index >= 15 is 0 Å². The van der Waals surface area contributed by atoms with Gasteiger partial charge in [0.1, 0.15) is 5.84 Å². The minimum Gasteiger partial charge on any atom is -0.349 e. The van der Waals surface area contributed by atoms with E-state index in [9.17, 15) is 0 Å². The smallest absolute Gasteiger partial charge is 0.128 e. The minimum absolute atomic E-state index is 0.561.